The Morgan fingerprint density at radius 1 is 0.412 bits per heavy atom. The Morgan fingerprint density at radius 2 is 0.794 bits per heavy atom. The van der Waals surface area contributed by atoms with Crippen molar-refractivity contribution < 1.29 is 0 Å². The van der Waals surface area contributed by atoms with Crippen molar-refractivity contribution in [1.29, 1.82) is 0 Å². The fourth-order valence-electron chi connectivity index (χ4n) is 4.81. The third kappa shape index (κ3) is 3.45. The van der Waals surface area contributed by atoms with Crippen LogP contribution < -0.4 is 0 Å². The summed E-state index contributed by atoms with van der Waals surface area (Å²) in [6.45, 7) is 4.32. The van der Waals surface area contributed by atoms with Gasteiger partial charge in [-0.1, -0.05) is 84.9 Å². The zero-order valence-corrected chi connectivity index (χ0v) is 19.3. The fraction of sp³-hybridized carbons (Fsp3) is 0.0625. The topological polar surface area (TPSA) is 25.8 Å². The van der Waals surface area contributed by atoms with Gasteiger partial charge in [-0.15, -0.1) is 0 Å². The van der Waals surface area contributed by atoms with Crippen LogP contribution in [-0.2, 0) is 0 Å². The van der Waals surface area contributed by atoms with Crippen LogP contribution in [0.25, 0.3) is 55.4 Å². The second kappa shape index (κ2) is 8.24. The first-order valence-corrected chi connectivity index (χ1v) is 11.6. The molecule has 0 spiro atoms. The van der Waals surface area contributed by atoms with Crippen molar-refractivity contribution in [3.63, 3.8) is 0 Å². The predicted octanol–water partition coefficient (Wildman–Crippen LogP) is 8.40. The minimum Gasteiger partial charge on any atom is -0.246 e. The Bertz CT molecular complexity index is 1550. The monoisotopic (exact) mass is 436 g/mol. The van der Waals surface area contributed by atoms with Crippen LogP contribution in [0.3, 0.4) is 0 Å². The molecule has 2 heterocycles. The van der Waals surface area contributed by atoms with Crippen LogP contribution in [0.4, 0.5) is 0 Å². The Hall–Kier alpha value is -4.30. The molecule has 0 saturated heterocycles. The number of aryl methyl sites for hydroxylation is 2. The first kappa shape index (κ1) is 20.3. The van der Waals surface area contributed by atoms with Gasteiger partial charge in [0, 0.05) is 10.8 Å². The van der Waals surface area contributed by atoms with E-state index in [4.69, 9.17) is 9.97 Å². The van der Waals surface area contributed by atoms with Crippen molar-refractivity contribution in [1.82, 2.24) is 9.97 Å². The fourth-order valence-corrected chi connectivity index (χ4v) is 4.81. The van der Waals surface area contributed by atoms with Crippen LogP contribution in [0.1, 0.15) is 11.1 Å². The van der Waals surface area contributed by atoms with Gasteiger partial charge in [0.1, 0.15) is 0 Å². The van der Waals surface area contributed by atoms with Crippen molar-refractivity contribution in [3.05, 3.63) is 120 Å². The van der Waals surface area contributed by atoms with E-state index in [1.54, 1.807) is 0 Å². The maximum atomic E-state index is 5.06. The van der Waals surface area contributed by atoms with Gasteiger partial charge in [0.15, 0.2) is 0 Å². The molecule has 0 aliphatic carbocycles. The normalized spacial score (nSPS) is 11.2. The van der Waals surface area contributed by atoms with Crippen LogP contribution in [0.15, 0.2) is 109 Å². The number of aromatic nitrogens is 2. The summed E-state index contributed by atoms with van der Waals surface area (Å²) in [4.78, 5) is 10.1. The molecular formula is C32H24N2. The summed E-state index contributed by atoms with van der Waals surface area (Å²) in [5.41, 5.74) is 11.0. The molecule has 6 aromatic rings. The highest BCUT2D eigenvalue weighted by Gasteiger charge is 2.15. The van der Waals surface area contributed by atoms with E-state index in [1.165, 1.54) is 33.4 Å². The first-order valence-electron chi connectivity index (χ1n) is 11.6. The van der Waals surface area contributed by atoms with Gasteiger partial charge in [0.05, 0.1) is 22.4 Å². The number of hydrogen-bond donors (Lipinski definition) is 0. The molecule has 0 fully saturated rings. The van der Waals surface area contributed by atoms with Crippen molar-refractivity contribution in [2.24, 2.45) is 0 Å². The van der Waals surface area contributed by atoms with E-state index in [9.17, 15) is 0 Å². The summed E-state index contributed by atoms with van der Waals surface area (Å²) in [7, 11) is 0. The molecule has 0 saturated carbocycles. The molecule has 0 atom stereocenters. The van der Waals surface area contributed by atoms with Gasteiger partial charge in [-0.2, -0.15) is 0 Å². The van der Waals surface area contributed by atoms with Gasteiger partial charge in [0.2, 0.25) is 0 Å². The maximum absolute atomic E-state index is 5.06. The van der Waals surface area contributed by atoms with E-state index < -0.39 is 0 Å². The van der Waals surface area contributed by atoms with Crippen LogP contribution in [0.2, 0.25) is 0 Å². The van der Waals surface area contributed by atoms with Crippen LogP contribution in [0.5, 0.6) is 0 Å². The molecule has 34 heavy (non-hydrogen) atoms. The van der Waals surface area contributed by atoms with Gasteiger partial charge in [-0.05, 0) is 71.5 Å². The number of benzene rings is 4. The molecule has 0 bridgehead atoms. The molecule has 2 nitrogen and oxygen atoms in total. The largest absolute Gasteiger partial charge is 0.246 e. The van der Waals surface area contributed by atoms with E-state index in [0.29, 0.717) is 0 Å². The summed E-state index contributed by atoms with van der Waals surface area (Å²) in [6.07, 6.45) is 0. The SMILES string of the molecule is Cc1ccccc1-c1cc(-c2cc(-c3ccccc3C)c3ccccc3n2)nc2ccccc12. The third-order valence-corrected chi connectivity index (χ3v) is 6.57. The average Bonchev–Trinajstić information content (AvgIpc) is 2.88. The molecule has 0 unspecified atom stereocenters. The van der Waals surface area contributed by atoms with Gasteiger partial charge in [-0.25, -0.2) is 9.97 Å². The predicted molar refractivity (Wildman–Crippen MR) is 143 cm³/mol. The number of pyridine rings is 2. The number of hydrogen-bond acceptors (Lipinski definition) is 2. The van der Waals surface area contributed by atoms with E-state index in [1.807, 2.05) is 12.1 Å². The summed E-state index contributed by atoms with van der Waals surface area (Å²) in [5, 5.41) is 2.31. The number of para-hydroxylation sites is 2. The summed E-state index contributed by atoms with van der Waals surface area (Å²) < 4.78 is 0. The first-order chi connectivity index (χ1) is 16.7. The molecule has 0 aliphatic heterocycles. The lowest BCUT2D eigenvalue weighted by Crippen LogP contribution is -1.95. The number of nitrogens with zero attached hydrogens (tertiary/aromatic N) is 2. The number of fused-ring (bicyclic) bond motifs is 2. The summed E-state index contributed by atoms with van der Waals surface area (Å²) >= 11 is 0. The van der Waals surface area contributed by atoms with E-state index >= 15 is 0 Å². The Labute approximate surface area is 199 Å². The Kier molecular flexibility index (Phi) is 4.92. The van der Waals surface area contributed by atoms with Crippen LogP contribution in [-0.4, -0.2) is 9.97 Å². The van der Waals surface area contributed by atoms with Gasteiger partial charge in [0.25, 0.3) is 0 Å². The quantitative estimate of drug-likeness (QED) is 0.278. The zero-order chi connectivity index (χ0) is 23.1. The standard InChI is InChI=1S/C32H24N2/c1-21-11-3-5-13-23(21)27-19-31(33-29-17-9-7-15-25(27)29)32-20-28(24-14-6-4-12-22(24)2)26-16-8-10-18-30(26)34-32/h3-20H,1-2H3. The Balaban J connectivity index is 1.66. The van der Waals surface area contributed by atoms with Crippen molar-refractivity contribution >= 4 is 21.8 Å². The average molecular weight is 437 g/mol. The smallest absolute Gasteiger partial charge is 0.0900 e. The molecule has 0 N–H and O–H groups in total. The number of rotatable bonds is 3. The summed E-state index contributed by atoms with van der Waals surface area (Å²) in [5.74, 6) is 0. The molecule has 0 aliphatic rings. The highest BCUT2D eigenvalue weighted by molar-refractivity contribution is 6.00. The highest BCUT2D eigenvalue weighted by Crippen LogP contribution is 2.36. The van der Waals surface area contributed by atoms with Gasteiger partial charge < -0.3 is 0 Å². The van der Waals surface area contributed by atoms with Crippen molar-refractivity contribution in [2.45, 2.75) is 13.8 Å². The van der Waals surface area contributed by atoms with Gasteiger partial charge >= 0.3 is 0 Å². The minimum absolute atomic E-state index is 0.887. The molecule has 0 radical (unpaired) electrons. The zero-order valence-electron chi connectivity index (χ0n) is 19.3. The van der Waals surface area contributed by atoms with Crippen molar-refractivity contribution in [3.8, 4) is 33.6 Å². The molecule has 6 rings (SSSR count). The molecule has 2 heteroatoms. The second-order valence-corrected chi connectivity index (χ2v) is 8.77. The molecule has 162 valence electrons. The maximum Gasteiger partial charge on any atom is 0.0900 e. The van der Waals surface area contributed by atoms with E-state index in [2.05, 4.69) is 111 Å². The molecular weight excluding hydrogens is 412 g/mol. The molecule has 2 aromatic heterocycles. The van der Waals surface area contributed by atoms with Crippen LogP contribution in [0, 0.1) is 13.8 Å². The lowest BCUT2D eigenvalue weighted by molar-refractivity contribution is 1.31. The van der Waals surface area contributed by atoms with Gasteiger partial charge in [-0.3, -0.25) is 0 Å². The highest BCUT2D eigenvalue weighted by atomic mass is 14.8. The molecule has 4 aromatic carbocycles. The van der Waals surface area contributed by atoms with E-state index in [0.717, 1.165) is 33.2 Å². The van der Waals surface area contributed by atoms with Crippen LogP contribution >= 0.6 is 0 Å². The molecule has 0 amide bonds. The third-order valence-electron chi connectivity index (χ3n) is 6.57. The van der Waals surface area contributed by atoms with Crippen molar-refractivity contribution in [2.75, 3.05) is 0 Å². The second-order valence-electron chi connectivity index (χ2n) is 8.77. The minimum atomic E-state index is 0.887. The lowest BCUT2D eigenvalue weighted by Gasteiger charge is -2.14. The van der Waals surface area contributed by atoms with E-state index in [-0.39, 0.29) is 0 Å². The lowest BCUT2D eigenvalue weighted by atomic mass is 9.94. The summed E-state index contributed by atoms with van der Waals surface area (Å²) in [6, 6.07) is 38.2. The Morgan fingerprint density at radius 3 is 1.24 bits per heavy atom.